The Morgan fingerprint density at radius 1 is 1.65 bits per heavy atom. The number of rotatable bonds is 4. The van der Waals surface area contributed by atoms with Crippen LogP contribution in [0.25, 0.3) is 0 Å². The number of nitriles is 1. The fraction of sp³-hybridized carbons (Fsp3) is 0.750. The largest absolute Gasteiger partial charge is 0.250 e. The van der Waals surface area contributed by atoms with Crippen LogP contribution < -0.4 is 0 Å². The van der Waals surface area contributed by atoms with E-state index in [9.17, 15) is 5.26 Å². The van der Waals surface area contributed by atoms with Crippen LogP contribution >= 0.6 is 11.8 Å². The molecule has 5 heteroatoms. The van der Waals surface area contributed by atoms with Crippen LogP contribution in [0.3, 0.4) is 0 Å². The first kappa shape index (κ1) is 12.4. The van der Waals surface area contributed by atoms with Gasteiger partial charge in [-0.1, -0.05) is 13.8 Å². The highest BCUT2D eigenvalue weighted by molar-refractivity contribution is 8.01. The molecule has 0 aromatic carbocycles. The van der Waals surface area contributed by atoms with Crippen LogP contribution in [0.4, 0.5) is 0 Å². The first-order chi connectivity index (χ1) is 8.15. The van der Waals surface area contributed by atoms with Gasteiger partial charge < -0.3 is 0 Å². The van der Waals surface area contributed by atoms with E-state index in [0.717, 1.165) is 37.4 Å². The van der Waals surface area contributed by atoms with Gasteiger partial charge in [-0.25, -0.2) is 9.67 Å². The smallest absolute Gasteiger partial charge is 0.138 e. The summed E-state index contributed by atoms with van der Waals surface area (Å²) < 4.78 is 1.68. The molecule has 0 radical (unpaired) electrons. The zero-order valence-electron chi connectivity index (χ0n) is 10.4. The Morgan fingerprint density at radius 3 is 3.06 bits per heavy atom. The fourth-order valence-corrected chi connectivity index (χ4v) is 3.41. The molecule has 0 bridgehead atoms. The van der Waals surface area contributed by atoms with Gasteiger partial charge in [-0.2, -0.15) is 10.4 Å². The summed E-state index contributed by atoms with van der Waals surface area (Å²) in [6.45, 7) is 5.20. The highest BCUT2D eigenvalue weighted by Crippen LogP contribution is 2.39. The van der Waals surface area contributed by atoms with Crippen LogP contribution in [-0.4, -0.2) is 25.3 Å². The summed E-state index contributed by atoms with van der Waals surface area (Å²) in [4.78, 5) is 4.31. The number of hydrogen-bond acceptors (Lipinski definition) is 4. The molecule has 0 aliphatic carbocycles. The zero-order chi connectivity index (χ0) is 12.3. The van der Waals surface area contributed by atoms with Gasteiger partial charge in [0.25, 0.3) is 0 Å². The minimum absolute atomic E-state index is 0.262. The minimum Gasteiger partial charge on any atom is -0.250 e. The molecule has 1 unspecified atom stereocenters. The van der Waals surface area contributed by atoms with Gasteiger partial charge in [-0.05, 0) is 24.5 Å². The van der Waals surface area contributed by atoms with Gasteiger partial charge in [0.2, 0.25) is 0 Å². The van der Waals surface area contributed by atoms with Gasteiger partial charge in [-0.15, -0.1) is 11.8 Å². The van der Waals surface area contributed by atoms with Gasteiger partial charge in [0, 0.05) is 13.0 Å². The van der Waals surface area contributed by atoms with Crippen molar-refractivity contribution < 1.29 is 0 Å². The predicted molar refractivity (Wildman–Crippen MR) is 68.6 cm³/mol. The van der Waals surface area contributed by atoms with Gasteiger partial charge >= 0.3 is 0 Å². The summed E-state index contributed by atoms with van der Waals surface area (Å²) in [5, 5.41) is 13.6. The molecule has 0 amide bonds. The highest BCUT2D eigenvalue weighted by atomic mass is 32.2. The summed E-state index contributed by atoms with van der Waals surface area (Å²) in [5.74, 6) is 2.59. The van der Waals surface area contributed by atoms with Crippen molar-refractivity contribution in [1.29, 1.82) is 5.26 Å². The number of aromatic nitrogens is 3. The molecule has 0 spiro atoms. The first-order valence-electron chi connectivity index (χ1n) is 6.07. The Morgan fingerprint density at radius 2 is 2.47 bits per heavy atom. The quantitative estimate of drug-likeness (QED) is 0.822. The molecule has 1 aliphatic rings. The maximum absolute atomic E-state index is 9.36. The Labute approximate surface area is 106 Å². The van der Waals surface area contributed by atoms with Crippen LogP contribution in [0.15, 0.2) is 6.33 Å². The van der Waals surface area contributed by atoms with E-state index in [-0.39, 0.29) is 4.75 Å². The zero-order valence-corrected chi connectivity index (χ0v) is 11.2. The van der Waals surface area contributed by atoms with Gasteiger partial charge in [0.05, 0.1) is 6.07 Å². The van der Waals surface area contributed by atoms with E-state index in [1.807, 2.05) is 4.68 Å². The Hall–Kier alpha value is -1.02. The fourth-order valence-electron chi connectivity index (χ4n) is 2.14. The molecule has 0 N–H and O–H groups in total. The maximum atomic E-state index is 9.36. The van der Waals surface area contributed by atoms with Crippen molar-refractivity contribution in [1.82, 2.24) is 14.8 Å². The van der Waals surface area contributed by atoms with Crippen molar-refractivity contribution in [3.05, 3.63) is 12.2 Å². The number of hydrogen-bond donors (Lipinski definition) is 0. The van der Waals surface area contributed by atoms with Crippen LogP contribution in [0.1, 0.15) is 32.5 Å². The third kappa shape index (κ3) is 2.81. The van der Waals surface area contributed by atoms with Gasteiger partial charge in [-0.3, -0.25) is 0 Å². The van der Waals surface area contributed by atoms with Crippen molar-refractivity contribution in [2.45, 2.75) is 44.4 Å². The maximum Gasteiger partial charge on any atom is 0.138 e. The van der Waals surface area contributed by atoms with Crippen molar-refractivity contribution in [2.75, 3.05) is 5.75 Å². The minimum atomic E-state index is -0.262. The monoisotopic (exact) mass is 250 g/mol. The first-order valence-corrected chi connectivity index (χ1v) is 7.06. The normalized spacial score (nSPS) is 24.1. The number of nitrogens with zero attached hydrogens (tertiary/aromatic N) is 4. The molecule has 1 atom stereocenters. The standard InChI is InChI=1S/C12H18N4S/c1-10(2)7-16-11(14-9-15-16)6-12(8-13)4-3-5-17-12/h9-10H,3-7H2,1-2H3. The summed E-state index contributed by atoms with van der Waals surface area (Å²) in [7, 11) is 0. The molecule has 2 rings (SSSR count). The molecule has 17 heavy (non-hydrogen) atoms. The molecule has 1 aliphatic heterocycles. The molecule has 1 aromatic rings. The average Bonchev–Trinajstić information content (AvgIpc) is 2.90. The lowest BCUT2D eigenvalue weighted by molar-refractivity contribution is 0.459. The second-order valence-electron chi connectivity index (χ2n) is 4.99. The summed E-state index contributed by atoms with van der Waals surface area (Å²) in [6, 6.07) is 2.48. The van der Waals surface area contributed by atoms with Crippen LogP contribution in [-0.2, 0) is 13.0 Å². The molecular formula is C12H18N4S. The third-order valence-electron chi connectivity index (χ3n) is 2.98. The average molecular weight is 250 g/mol. The van der Waals surface area contributed by atoms with E-state index < -0.39 is 0 Å². The Bertz CT molecular complexity index is 412. The van der Waals surface area contributed by atoms with Crippen molar-refractivity contribution in [2.24, 2.45) is 5.92 Å². The Balaban J connectivity index is 2.13. The van der Waals surface area contributed by atoms with Gasteiger partial charge in [0.15, 0.2) is 0 Å². The predicted octanol–water partition coefficient (Wildman–Crippen LogP) is 2.27. The summed E-state index contributed by atoms with van der Waals surface area (Å²) in [5.41, 5.74) is 0. The molecule has 0 saturated carbocycles. The SMILES string of the molecule is CC(C)Cn1ncnc1CC1(C#N)CCCS1. The molecule has 1 fully saturated rings. The molecule has 1 aromatic heterocycles. The molecule has 2 heterocycles. The van der Waals surface area contributed by atoms with Crippen molar-refractivity contribution >= 4 is 11.8 Å². The second-order valence-corrected chi connectivity index (χ2v) is 6.47. The van der Waals surface area contributed by atoms with E-state index >= 15 is 0 Å². The lowest BCUT2D eigenvalue weighted by atomic mass is 10.0. The lowest BCUT2D eigenvalue weighted by Crippen LogP contribution is -2.25. The molecule has 4 nitrogen and oxygen atoms in total. The van der Waals surface area contributed by atoms with E-state index in [1.165, 1.54) is 0 Å². The van der Waals surface area contributed by atoms with Crippen LogP contribution in [0, 0.1) is 17.2 Å². The summed E-state index contributed by atoms with van der Waals surface area (Å²) >= 11 is 1.77. The van der Waals surface area contributed by atoms with Crippen molar-refractivity contribution in [3.8, 4) is 6.07 Å². The molecular weight excluding hydrogens is 232 g/mol. The molecule has 92 valence electrons. The summed E-state index contributed by atoms with van der Waals surface area (Å²) in [6.07, 6.45) is 4.43. The Kier molecular flexibility index (Phi) is 3.72. The topological polar surface area (TPSA) is 54.5 Å². The highest BCUT2D eigenvalue weighted by Gasteiger charge is 2.36. The van der Waals surface area contributed by atoms with Gasteiger partial charge in [0.1, 0.15) is 16.9 Å². The van der Waals surface area contributed by atoms with E-state index in [0.29, 0.717) is 5.92 Å². The van der Waals surface area contributed by atoms with E-state index in [4.69, 9.17) is 0 Å². The second kappa shape index (κ2) is 5.09. The number of thioether (sulfide) groups is 1. The van der Waals surface area contributed by atoms with E-state index in [2.05, 4.69) is 30.0 Å². The molecule has 1 saturated heterocycles. The lowest BCUT2D eigenvalue weighted by Gasteiger charge is -2.19. The third-order valence-corrected chi connectivity index (χ3v) is 4.47. The van der Waals surface area contributed by atoms with Crippen LogP contribution in [0.5, 0.6) is 0 Å². The van der Waals surface area contributed by atoms with Crippen molar-refractivity contribution in [3.63, 3.8) is 0 Å². The van der Waals surface area contributed by atoms with Crippen LogP contribution in [0.2, 0.25) is 0 Å². The van der Waals surface area contributed by atoms with E-state index in [1.54, 1.807) is 18.1 Å².